The quantitative estimate of drug-likeness (QED) is 0.821. The minimum Gasteiger partial charge on any atom is -0.375 e. The highest BCUT2D eigenvalue weighted by Gasteiger charge is 2.40. The van der Waals surface area contributed by atoms with E-state index >= 15 is 0 Å². The molecule has 1 saturated heterocycles. The van der Waals surface area contributed by atoms with Crippen molar-refractivity contribution < 1.29 is 13.2 Å². The average molecular weight is 349 g/mol. The normalized spacial score (nSPS) is 25.3. The van der Waals surface area contributed by atoms with Crippen molar-refractivity contribution in [2.45, 2.75) is 42.7 Å². The zero-order chi connectivity index (χ0) is 16.6. The Labute approximate surface area is 140 Å². The Bertz CT molecular complexity index is 789. The molecule has 2 unspecified atom stereocenters. The van der Waals surface area contributed by atoms with Crippen LogP contribution in [0.25, 0.3) is 5.69 Å². The molecule has 2 fully saturated rings. The van der Waals surface area contributed by atoms with Crippen molar-refractivity contribution in [1.29, 1.82) is 0 Å². The van der Waals surface area contributed by atoms with Crippen LogP contribution in [0, 0.1) is 0 Å². The molecule has 1 aromatic carbocycles. The molecule has 1 aliphatic heterocycles. The van der Waals surface area contributed by atoms with Gasteiger partial charge in [-0.3, -0.25) is 0 Å². The van der Waals surface area contributed by atoms with E-state index in [1.165, 1.54) is 11.0 Å². The van der Waals surface area contributed by atoms with Crippen LogP contribution in [0.3, 0.4) is 0 Å². The van der Waals surface area contributed by atoms with E-state index in [9.17, 15) is 8.42 Å². The highest BCUT2D eigenvalue weighted by atomic mass is 32.2. The average Bonchev–Trinajstić information content (AvgIpc) is 3.16. The Kier molecular flexibility index (Phi) is 4.07. The molecule has 0 radical (unpaired) electrons. The summed E-state index contributed by atoms with van der Waals surface area (Å²) in [6.45, 7) is 0.876. The van der Waals surface area contributed by atoms with Crippen LogP contribution in [0.2, 0.25) is 0 Å². The van der Waals surface area contributed by atoms with Crippen molar-refractivity contribution in [1.82, 2.24) is 24.5 Å². The first kappa shape index (κ1) is 15.7. The molecule has 2 aromatic rings. The second kappa shape index (κ2) is 6.23. The number of rotatable bonds is 3. The molecule has 2 aliphatic rings. The molecule has 1 aliphatic carbocycles. The third-order valence-corrected chi connectivity index (χ3v) is 6.68. The SMILES string of the molecule is O=S(=O)(c1ccc(-n2cnnn2)cc1)N1CCOC2CCCCC21. The Balaban J connectivity index is 1.62. The van der Waals surface area contributed by atoms with Crippen LogP contribution >= 0.6 is 0 Å². The van der Waals surface area contributed by atoms with Gasteiger partial charge in [0, 0.05) is 6.54 Å². The first-order valence-electron chi connectivity index (χ1n) is 8.13. The van der Waals surface area contributed by atoms with Crippen LogP contribution in [0.4, 0.5) is 0 Å². The van der Waals surface area contributed by atoms with Crippen molar-refractivity contribution in [3.05, 3.63) is 30.6 Å². The topological polar surface area (TPSA) is 90.2 Å². The number of morpholine rings is 1. The Morgan fingerprint density at radius 1 is 1.12 bits per heavy atom. The first-order valence-corrected chi connectivity index (χ1v) is 9.57. The van der Waals surface area contributed by atoms with Crippen molar-refractivity contribution in [2.24, 2.45) is 0 Å². The molecule has 2 heterocycles. The lowest BCUT2D eigenvalue weighted by Gasteiger charge is -2.42. The summed E-state index contributed by atoms with van der Waals surface area (Å²) in [5, 5.41) is 11.0. The molecule has 128 valence electrons. The van der Waals surface area contributed by atoms with E-state index in [2.05, 4.69) is 15.5 Å². The fourth-order valence-corrected chi connectivity index (χ4v) is 5.21. The number of nitrogens with zero attached hydrogens (tertiary/aromatic N) is 5. The predicted octanol–water partition coefficient (Wildman–Crippen LogP) is 0.994. The Morgan fingerprint density at radius 3 is 2.67 bits per heavy atom. The number of hydrogen-bond acceptors (Lipinski definition) is 6. The molecule has 0 amide bonds. The van der Waals surface area contributed by atoms with Crippen LogP contribution in [0.15, 0.2) is 35.5 Å². The van der Waals surface area contributed by atoms with Crippen LogP contribution in [0.5, 0.6) is 0 Å². The largest absolute Gasteiger partial charge is 0.375 e. The van der Waals surface area contributed by atoms with Gasteiger partial charge in [0.15, 0.2) is 0 Å². The van der Waals surface area contributed by atoms with Crippen LogP contribution in [0.1, 0.15) is 25.7 Å². The maximum atomic E-state index is 13.1. The van der Waals surface area contributed by atoms with E-state index in [1.807, 2.05) is 0 Å². The summed E-state index contributed by atoms with van der Waals surface area (Å²) in [4.78, 5) is 0.297. The summed E-state index contributed by atoms with van der Waals surface area (Å²) in [6.07, 6.45) is 5.46. The number of hydrogen-bond donors (Lipinski definition) is 0. The van der Waals surface area contributed by atoms with Gasteiger partial charge in [-0.1, -0.05) is 12.8 Å². The van der Waals surface area contributed by atoms with Gasteiger partial charge in [0.2, 0.25) is 10.0 Å². The number of sulfonamides is 1. The van der Waals surface area contributed by atoms with Gasteiger partial charge in [0.05, 0.1) is 29.3 Å². The maximum Gasteiger partial charge on any atom is 0.243 e. The molecular weight excluding hydrogens is 330 g/mol. The van der Waals surface area contributed by atoms with Crippen LogP contribution < -0.4 is 0 Å². The second-order valence-electron chi connectivity index (χ2n) is 6.13. The third kappa shape index (κ3) is 2.72. The van der Waals surface area contributed by atoms with Gasteiger partial charge in [-0.05, 0) is 47.5 Å². The summed E-state index contributed by atoms with van der Waals surface area (Å²) >= 11 is 0. The smallest absolute Gasteiger partial charge is 0.243 e. The zero-order valence-electron chi connectivity index (χ0n) is 13.2. The summed E-state index contributed by atoms with van der Waals surface area (Å²) in [6, 6.07) is 6.60. The molecule has 4 rings (SSSR count). The molecule has 2 atom stereocenters. The molecule has 24 heavy (non-hydrogen) atoms. The number of aromatic nitrogens is 4. The molecule has 1 saturated carbocycles. The molecule has 8 nitrogen and oxygen atoms in total. The second-order valence-corrected chi connectivity index (χ2v) is 8.02. The number of fused-ring (bicyclic) bond motifs is 1. The first-order chi connectivity index (χ1) is 11.7. The Morgan fingerprint density at radius 2 is 1.92 bits per heavy atom. The van der Waals surface area contributed by atoms with E-state index in [0.29, 0.717) is 18.0 Å². The standard InChI is InChI=1S/C15H19N5O3S/c21-24(22,20-9-10-23-15-4-2-1-3-14(15)20)13-7-5-12(6-8-13)19-11-16-17-18-19/h5-8,11,14-15H,1-4,9-10H2. The predicted molar refractivity (Wildman–Crippen MR) is 85.0 cm³/mol. The van der Waals surface area contributed by atoms with E-state index in [0.717, 1.165) is 31.4 Å². The number of tetrazole rings is 1. The van der Waals surface area contributed by atoms with Crippen molar-refractivity contribution in [3.8, 4) is 5.69 Å². The zero-order valence-corrected chi connectivity index (χ0v) is 14.0. The molecule has 0 spiro atoms. The van der Waals surface area contributed by atoms with Gasteiger partial charge in [0.1, 0.15) is 6.33 Å². The van der Waals surface area contributed by atoms with Gasteiger partial charge >= 0.3 is 0 Å². The highest BCUT2D eigenvalue weighted by Crippen LogP contribution is 2.32. The molecular formula is C15H19N5O3S. The lowest BCUT2D eigenvalue weighted by Crippen LogP contribution is -2.54. The van der Waals surface area contributed by atoms with Gasteiger partial charge in [-0.25, -0.2) is 13.1 Å². The van der Waals surface area contributed by atoms with Crippen molar-refractivity contribution in [2.75, 3.05) is 13.2 Å². The molecule has 0 N–H and O–H groups in total. The summed E-state index contributed by atoms with van der Waals surface area (Å²) < 4.78 is 35.0. The van der Waals surface area contributed by atoms with Gasteiger partial charge < -0.3 is 4.74 Å². The van der Waals surface area contributed by atoms with Crippen LogP contribution in [-0.4, -0.2) is 58.2 Å². The monoisotopic (exact) mass is 349 g/mol. The van der Waals surface area contributed by atoms with E-state index < -0.39 is 10.0 Å². The molecule has 1 aromatic heterocycles. The minimum atomic E-state index is -3.53. The van der Waals surface area contributed by atoms with Crippen molar-refractivity contribution >= 4 is 10.0 Å². The summed E-state index contributed by atoms with van der Waals surface area (Å²) in [5.74, 6) is 0. The van der Waals surface area contributed by atoms with Gasteiger partial charge in [0.25, 0.3) is 0 Å². The lowest BCUT2D eigenvalue weighted by molar-refractivity contribution is -0.0586. The number of ether oxygens (including phenoxy) is 1. The van der Waals surface area contributed by atoms with E-state index in [-0.39, 0.29) is 12.1 Å². The third-order valence-electron chi connectivity index (χ3n) is 4.74. The fourth-order valence-electron chi connectivity index (χ4n) is 3.55. The Hall–Kier alpha value is -1.84. The van der Waals surface area contributed by atoms with Gasteiger partial charge in [-0.15, -0.1) is 5.10 Å². The lowest BCUT2D eigenvalue weighted by atomic mass is 9.91. The van der Waals surface area contributed by atoms with Crippen molar-refractivity contribution in [3.63, 3.8) is 0 Å². The fraction of sp³-hybridized carbons (Fsp3) is 0.533. The highest BCUT2D eigenvalue weighted by molar-refractivity contribution is 7.89. The van der Waals surface area contributed by atoms with E-state index in [4.69, 9.17) is 4.74 Å². The van der Waals surface area contributed by atoms with Gasteiger partial charge in [-0.2, -0.15) is 4.31 Å². The van der Waals surface area contributed by atoms with Crippen LogP contribution in [-0.2, 0) is 14.8 Å². The van der Waals surface area contributed by atoms with E-state index in [1.54, 1.807) is 28.6 Å². The summed E-state index contributed by atoms with van der Waals surface area (Å²) in [5.41, 5.74) is 0.719. The molecule has 0 bridgehead atoms. The number of benzene rings is 1. The minimum absolute atomic E-state index is 0.0303. The maximum absolute atomic E-state index is 13.1. The summed E-state index contributed by atoms with van der Waals surface area (Å²) in [7, 11) is -3.53. The molecule has 9 heteroatoms.